The first-order chi connectivity index (χ1) is 7.61. The summed E-state index contributed by atoms with van der Waals surface area (Å²) in [4.78, 5) is 17.1. The molecule has 16 heavy (non-hydrogen) atoms. The fourth-order valence-corrected chi connectivity index (χ4v) is 1.45. The lowest BCUT2D eigenvalue weighted by Gasteiger charge is -2.19. The van der Waals surface area contributed by atoms with Crippen LogP contribution in [-0.4, -0.2) is 49.2 Å². The molecular formula is C10H18N6. The first-order valence-electron chi connectivity index (χ1n) is 5.46. The molecule has 6 nitrogen and oxygen atoms in total. The average molecular weight is 222 g/mol. The zero-order valence-corrected chi connectivity index (χ0v) is 10.2. The van der Waals surface area contributed by atoms with Crippen LogP contribution in [0.1, 0.15) is 12.8 Å². The molecule has 1 N–H and O–H groups in total. The summed E-state index contributed by atoms with van der Waals surface area (Å²) in [5.41, 5.74) is 0. The van der Waals surface area contributed by atoms with Crippen molar-refractivity contribution in [3.8, 4) is 0 Å². The maximum absolute atomic E-state index is 4.43. The monoisotopic (exact) mass is 222 g/mol. The number of hydrogen-bond donors (Lipinski definition) is 1. The van der Waals surface area contributed by atoms with Crippen molar-refractivity contribution in [1.82, 2.24) is 15.0 Å². The molecule has 0 atom stereocenters. The summed E-state index contributed by atoms with van der Waals surface area (Å²) < 4.78 is 0. The molecule has 0 bridgehead atoms. The molecule has 1 aromatic rings. The van der Waals surface area contributed by atoms with E-state index in [1.807, 2.05) is 33.1 Å². The second-order valence-corrected chi connectivity index (χ2v) is 4.25. The summed E-state index contributed by atoms with van der Waals surface area (Å²) in [5.74, 6) is 2.04. The quantitative estimate of drug-likeness (QED) is 0.804. The third kappa shape index (κ3) is 2.15. The minimum Gasteiger partial charge on any atom is -0.357 e. The van der Waals surface area contributed by atoms with Gasteiger partial charge in [0.1, 0.15) is 0 Å². The lowest BCUT2D eigenvalue weighted by molar-refractivity contribution is 0.840. The summed E-state index contributed by atoms with van der Waals surface area (Å²) in [5, 5.41) is 2.96. The highest BCUT2D eigenvalue weighted by molar-refractivity contribution is 5.45. The fourth-order valence-electron chi connectivity index (χ4n) is 1.45. The second-order valence-electron chi connectivity index (χ2n) is 4.25. The SMILES string of the molecule is CNc1nc(N(C)C)nc(N(C)C2CC2)n1. The molecule has 1 aliphatic carbocycles. The van der Waals surface area contributed by atoms with Gasteiger partial charge in [-0.1, -0.05) is 0 Å². The number of rotatable bonds is 4. The van der Waals surface area contributed by atoms with Crippen molar-refractivity contribution in [1.29, 1.82) is 0 Å². The predicted molar refractivity (Wildman–Crippen MR) is 65.1 cm³/mol. The van der Waals surface area contributed by atoms with Crippen molar-refractivity contribution in [3.05, 3.63) is 0 Å². The van der Waals surface area contributed by atoms with E-state index in [1.165, 1.54) is 12.8 Å². The Bertz CT molecular complexity index is 374. The summed E-state index contributed by atoms with van der Waals surface area (Å²) in [6.45, 7) is 0. The van der Waals surface area contributed by atoms with Gasteiger partial charge in [0, 0.05) is 34.2 Å². The van der Waals surface area contributed by atoms with Gasteiger partial charge < -0.3 is 15.1 Å². The topological polar surface area (TPSA) is 57.2 Å². The molecule has 0 amide bonds. The van der Waals surface area contributed by atoms with Crippen LogP contribution in [0.25, 0.3) is 0 Å². The second kappa shape index (κ2) is 4.11. The Morgan fingerprint density at radius 3 is 2.19 bits per heavy atom. The molecule has 6 heteroatoms. The largest absolute Gasteiger partial charge is 0.357 e. The van der Waals surface area contributed by atoms with Crippen LogP contribution in [0.2, 0.25) is 0 Å². The van der Waals surface area contributed by atoms with Gasteiger partial charge in [-0.15, -0.1) is 0 Å². The van der Waals surface area contributed by atoms with E-state index in [1.54, 1.807) is 0 Å². The summed E-state index contributed by atoms with van der Waals surface area (Å²) in [7, 11) is 7.70. The van der Waals surface area contributed by atoms with Gasteiger partial charge in [0.15, 0.2) is 0 Å². The van der Waals surface area contributed by atoms with E-state index in [0.717, 1.165) is 5.95 Å². The van der Waals surface area contributed by atoms with E-state index in [2.05, 4.69) is 25.2 Å². The van der Waals surface area contributed by atoms with Crippen LogP contribution in [0.5, 0.6) is 0 Å². The van der Waals surface area contributed by atoms with E-state index in [4.69, 9.17) is 0 Å². The Balaban J connectivity index is 2.31. The number of aromatic nitrogens is 3. The minimum atomic E-state index is 0.599. The molecule has 1 saturated carbocycles. The molecule has 0 spiro atoms. The highest BCUT2D eigenvalue weighted by Crippen LogP contribution is 2.28. The Labute approximate surface area is 95.7 Å². The van der Waals surface area contributed by atoms with Gasteiger partial charge in [0.05, 0.1) is 0 Å². The van der Waals surface area contributed by atoms with Gasteiger partial charge in [-0.05, 0) is 12.8 Å². The molecule has 0 radical (unpaired) electrons. The van der Waals surface area contributed by atoms with Crippen molar-refractivity contribution in [3.63, 3.8) is 0 Å². The van der Waals surface area contributed by atoms with Crippen LogP contribution < -0.4 is 15.1 Å². The first kappa shape index (κ1) is 10.9. The zero-order valence-electron chi connectivity index (χ0n) is 10.2. The molecule has 1 fully saturated rings. The van der Waals surface area contributed by atoms with Crippen LogP contribution in [0.4, 0.5) is 17.8 Å². The van der Waals surface area contributed by atoms with Crippen LogP contribution in [0, 0.1) is 0 Å². The van der Waals surface area contributed by atoms with Crippen LogP contribution in [0.15, 0.2) is 0 Å². The normalized spacial score (nSPS) is 14.8. The van der Waals surface area contributed by atoms with Gasteiger partial charge in [-0.25, -0.2) is 0 Å². The molecule has 1 heterocycles. The maximum Gasteiger partial charge on any atom is 0.231 e. The smallest absolute Gasteiger partial charge is 0.231 e. The standard InChI is InChI=1S/C10H18N6/c1-11-8-12-9(15(2)3)14-10(13-8)16(4)7-5-6-7/h7H,5-6H2,1-4H3,(H,11,12,13,14). The molecule has 1 aromatic heterocycles. The number of nitrogens with zero attached hydrogens (tertiary/aromatic N) is 5. The van der Waals surface area contributed by atoms with Crippen molar-refractivity contribution in [2.45, 2.75) is 18.9 Å². The van der Waals surface area contributed by atoms with E-state index < -0.39 is 0 Å². The Morgan fingerprint density at radius 1 is 1.06 bits per heavy atom. The lowest BCUT2D eigenvalue weighted by Crippen LogP contribution is -2.24. The van der Waals surface area contributed by atoms with Gasteiger partial charge in [-0.2, -0.15) is 15.0 Å². The molecule has 88 valence electrons. The highest BCUT2D eigenvalue weighted by atomic mass is 15.4. The molecule has 1 aliphatic rings. The summed E-state index contributed by atoms with van der Waals surface area (Å²) in [6.07, 6.45) is 2.46. The van der Waals surface area contributed by atoms with Gasteiger partial charge in [0.2, 0.25) is 17.8 Å². The van der Waals surface area contributed by atoms with Crippen molar-refractivity contribution >= 4 is 17.8 Å². The average Bonchev–Trinajstić information content (AvgIpc) is 3.11. The number of anilines is 3. The molecule has 0 saturated heterocycles. The third-order valence-corrected chi connectivity index (χ3v) is 2.65. The van der Waals surface area contributed by atoms with E-state index in [9.17, 15) is 0 Å². The van der Waals surface area contributed by atoms with Gasteiger partial charge in [-0.3, -0.25) is 0 Å². The van der Waals surface area contributed by atoms with Crippen LogP contribution in [-0.2, 0) is 0 Å². The maximum atomic E-state index is 4.43. The molecule has 0 aliphatic heterocycles. The lowest BCUT2D eigenvalue weighted by atomic mass is 10.6. The first-order valence-corrected chi connectivity index (χ1v) is 5.46. The fraction of sp³-hybridized carbons (Fsp3) is 0.700. The molecular weight excluding hydrogens is 204 g/mol. The predicted octanol–water partition coefficient (Wildman–Crippen LogP) is 0.578. The van der Waals surface area contributed by atoms with Crippen LogP contribution >= 0.6 is 0 Å². The summed E-state index contributed by atoms with van der Waals surface area (Å²) >= 11 is 0. The van der Waals surface area contributed by atoms with Crippen molar-refractivity contribution in [2.24, 2.45) is 0 Å². The van der Waals surface area contributed by atoms with Crippen molar-refractivity contribution < 1.29 is 0 Å². The molecule has 0 unspecified atom stereocenters. The highest BCUT2D eigenvalue weighted by Gasteiger charge is 2.28. The van der Waals surface area contributed by atoms with Gasteiger partial charge >= 0.3 is 0 Å². The number of hydrogen-bond acceptors (Lipinski definition) is 6. The van der Waals surface area contributed by atoms with E-state index in [-0.39, 0.29) is 0 Å². The Hall–Kier alpha value is -1.59. The van der Waals surface area contributed by atoms with E-state index >= 15 is 0 Å². The third-order valence-electron chi connectivity index (χ3n) is 2.65. The Kier molecular flexibility index (Phi) is 2.80. The molecule has 2 rings (SSSR count). The summed E-state index contributed by atoms with van der Waals surface area (Å²) in [6, 6.07) is 0.599. The van der Waals surface area contributed by atoms with E-state index in [0.29, 0.717) is 17.9 Å². The van der Waals surface area contributed by atoms with Gasteiger partial charge in [0.25, 0.3) is 0 Å². The minimum absolute atomic E-state index is 0.599. The number of nitrogens with one attached hydrogen (secondary N) is 1. The Morgan fingerprint density at radius 2 is 1.69 bits per heavy atom. The van der Waals surface area contributed by atoms with Crippen molar-refractivity contribution in [2.75, 3.05) is 43.3 Å². The zero-order chi connectivity index (χ0) is 11.7. The molecule has 0 aromatic carbocycles. The van der Waals surface area contributed by atoms with Crippen LogP contribution in [0.3, 0.4) is 0 Å².